The summed E-state index contributed by atoms with van der Waals surface area (Å²) in [6.07, 6.45) is 7.19. The van der Waals surface area contributed by atoms with Crippen LogP contribution in [0, 0.1) is 5.92 Å². The zero-order chi connectivity index (χ0) is 25.6. The maximum atomic E-state index is 4.99. The lowest BCUT2D eigenvalue weighted by atomic mass is 9.62. The summed E-state index contributed by atoms with van der Waals surface area (Å²) in [5.41, 5.74) is 7.60. The summed E-state index contributed by atoms with van der Waals surface area (Å²) in [6.45, 7) is 4.53. The van der Waals surface area contributed by atoms with Gasteiger partial charge in [-0.2, -0.15) is 4.98 Å². The lowest BCUT2D eigenvalue weighted by molar-refractivity contribution is 0.208. The van der Waals surface area contributed by atoms with Gasteiger partial charge < -0.3 is 14.8 Å². The van der Waals surface area contributed by atoms with E-state index in [2.05, 4.69) is 125 Å². The van der Waals surface area contributed by atoms with E-state index in [4.69, 9.17) is 4.98 Å². The van der Waals surface area contributed by atoms with Crippen LogP contribution in [0.25, 0.3) is 16.8 Å². The van der Waals surface area contributed by atoms with Crippen molar-refractivity contribution in [1.82, 2.24) is 14.5 Å². The molecular formula is C33H31N5. The van der Waals surface area contributed by atoms with E-state index in [1.54, 1.807) is 0 Å². The fraction of sp³-hybridized carbons (Fsp3) is 0.212. The predicted octanol–water partition coefficient (Wildman–Crippen LogP) is 7.75. The van der Waals surface area contributed by atoms with Crippen molar-refractivity contribution in [2.75, 3.05) is 10.2 Å². The Bertz CT molecular complexity index is 1560. The van der Waals surface area contributed by atoms with E-state index in [1.807, 2.05) is 18.3 Å². The molecule has 2 aromatic heterocycles. The SMILES string of the molecule is CC1C2CC1N(c1ccnc(N[C@@H](C)c3ccccc3)n1)c1ccc(-c3ccc(-n4cccc4)cc3)cc12. The van der Waals surface area contributed by atoms with Crippen LogP contribution in [0.4, 0.5) is 17.5 Å². The standard InChI is InChI=1S/C33H31N5/c1-22-28-21-31(22)38(32-16-17-34-33(36-32)35-23(2)24-8-4-3-5-9-24)30-15-12-26(20-29(28)30)25-10-13-27(14-11-25)37-18-6-7-19-37/h3-20,22-23,28,31H,21H2,1-2H3,(H,34,35,36)/t22?,23-,28?,31?/m0/s1. The van der Waals surface area contributed by atoms with Gasteiger partial charge in [0.25, 0.3) is 0 Å². The van der Waals surface area contributed by atoms with Crippen molar-refractivity contribution in [2.24, 2.45) is 5.92 Å². The first kappa shape index (κ1) is 22.8. The van der Waals surface area contributed by atoms with E-state index in [0.29, 0.717) is 23.8 Å². The first-order chi connectivity index (χ1) is 18.7. The summed E-state index contributed by atoms with van der Waals surface area (Å²) in [5, 5.41) is 3.50. The first-order valence-electron chi connectivity index (χ1n) is 13.5. The van der Waals surface area contributed by atoms with Gasteiger partial charge in [-0.05, 0) is 89.9 Å². The molecule has 4 atom stereocenters. The molecule has 5 nitrogen and oxygen atoms in total. The molecule has 1 fully saturated rings. The van der Waals surface area contributed by atoms with E-state index in [-0.39, 0.29) is 6.04 Å². The third kappa shape index (κ3) is 3.86. The molecule has 2 aliphatic heterocycles. The maximum Gasteiger partial charge on any atom is 0.225 e. The Labute approximate surface area is 223 Å². The van der Waals surface area contributed by atoms with Crippen molar-refractivity contribution >= 4 is 17.5 Å². The smallest absolute Gasteiger partial charge is 0.225 e. The van der Waals surface area contributed by atoms with Crippen LogP contribution in [0.3, 0.4) is 0 Å². The second kappa shape index (κ2) is 9.18. The Morgan fingerprint density at radius 3 is 2.39 bits per heavy atom. The Balaban J connectivity index is 1.19. The summed E-state index contributed by atoms with van der Waals surface area (Å²) in [7, 11) is 0. The van der Waals surface area contributed by atoms with Gasteiger partial charge in [0.15, 0.2) is 0 Å². The summed E-state index contributed by atoms with van der Waals surface area (Å²) in [5.74, 6) is 2.81. The van der Waals surface area contributed by atoms with Crippen molar-refractivity contribution in [3.63, 3.8) is 0 Å². The van der Waals surface area contributed by atoms with Crippen LogP contribution in [-0.2, 0) is 0 Å². The van der Waals surface area contributed by atoms with Crippen molar-refractivity contribution in [2.45, 2.75) is 38.3 Å². The molecular weight excluding hydrogens is 466 g/mol. The number of rotatable bonds is 6. The second-order valence-corrected chi connectivity index (χ2v) is 10.6. The van der Waals surface area contributed by atoms with Crippen LogP contribution in [-0.4, -0.2) is 20.6 Å². The molecule has 188 valence electrons. The number of benzene rings is 3. The van der Waals surface area contributed by atoms with Gasteiger partial charge in [-0.25, -0.2) is 4.98 Å². The normalized spacial score (nSPS) is 20.4. The van der Waals surface area contributed by atoms with E-state index < -0.39 is 0 Å². The highest BCUT2D eigenvalue weighted by Crippen LogP contribution is 2.56. The molecule has 0 radical (unpaired) electrons. The minimum Gasteiger partial charge on any atom is -0.348 e. The van der Waals surface area contributed by atoms with E-state index in [1.165, 1.54) is 33.6 Å². The molecule has 3 aromatic carbocycles. The number of nitrogens with zero attached hydrogens (tertiary/aromatic N) is 4. The molecule has 5 aromatic rings. The molecule has 5 heteroatoms. The summed E-state index contributed by atoms with van der Waals surface area (Å²) < 4.78 is 2.14. The Kier molecular flexibility index (Phi) is 5.50. The number of hydrogen-bond donors (Lipinski definition) is 1. The van der Waals surface area contributed by atoms with Crippen molar-refractivity contribution in [3.8, 4) is 16.8 Å². The van der Waals surface area contributed by atoms with Gasteiger partial charge >= 0.3 is 0 Å². The summed E-state index contributed by atoms with van der Waals surface area (Å²) in [6, 6.07) is 32.9. The average Bonchev–Trinajstić information content (AvgIpc) is 3.52. The van der Waals surface area contributed by atoms with Gasteiger partial charge in [0.05, 0.1) is 6.04 Å². The average molecular weight is 498 g/mol. The van der Waals surface area contributed by atoms with Crippen LogP contribution in [0.2, 0.25) is 0 Å². The molecule has 1 saturated carbocycles. The molecule has 1 aliphatic carbocycles. The molecule has 2 bridgehead atoms. The first-order valence-corrected chi connectivity index (χ1v) is 13.5. The highest BCUT2D eigenvalue weighted by Gasteiger charge is 2.49. The number of aromatic nitrogens is 3. The Hall–Kier alpha value is -4.38. The van der Waals surface area contributed by atoms with E-state index in [0.717, 1.165) is 12.2 Å². The Morgan fingerprint density at radius 2 is 1.63 bits per heavy atom. The highest BCUT2D eigenvalue weighted by atomic mass is 15.3. The molecule has 0 saturated heterocycles. The molecule has 3 aliphatic rings. The molecule has 8 rings (SSSR count). The van der Waals surface area contributed by atoms with Gasteiger partial charge in [-0.3, -0.25) is 0 Å². The molecule has 3 unspecified atom stereocenters. The van der Waals surface area contributed by atoms with Crippen LogP contribution >= 0.6 is 0 Å². The van der Waals surface area contributed by atoms with Crippen molar-refractivity contribution < 1.29 is 0 Å². The minimum atomic E-state index is 0.124. The fourth-order valence-corrected chi connectivity index (χ4v) is 6.14. The molecule has 0 amide bonds. The third-order valence-corrected chi connectivity index (χ3v) is 8.39. The van der Waals surface area contributed by atoms with Gasteiger partial charge in [-0.1, -0.05) is 55.5 Å². The lowest BCUT2D eigenvalue weighted by Gasteiger charge is -2.55. The van der Waals surface area contributed by atoms with Crippen LogP contribution in [0.15, 0.2) is 110 Å². The zero-order valence-corrected chi connectivity index (χ0v) is 21.7. The molecule has 4 heterocycles. The van der Waals surface area contributed by atoms with E-state index in [9.17, 15) is 0 Å². The maximum absolute atomic E-state index is 4.99. The van der Waals surface area contributed by atoms with Crippen LogP contribution in [0.1, 0.15) is 43.4 Å². The largest absolute Gasteiger partial charge is 0.348 e. The number of anilines is 3. The summed E-state index contributed by atoms with van der Waals surface area (Å²) >= 11 is 0. The van der Waals surface area contributed by atoms with Gasteiger partial charge in [0, 0.05) is 36.0 Å². The topological polar surface area (TPSA) is 46.0 Å². The van der Waals surface area contributed by atoms with Gasteiger partial charge in [0.2, 0.25) is 5.95 Å². The molecule has 0 spiro atoms. The lowest BCUT2D eigenvalue weighted by Crippen LogP contribution is -2.53. The highest BCUT2D eigenvalue weighted by molar-refractivity contribution is 5.76. The zero-order valence-electron chi connectivity index (χ0n) is 21.7. The van der Waals surface area contributed by atoms with Crippen LogP contribution < -0.4 is 10.2 Å². The number of hydrogen-bond acceptors (Lipinski definition) is 4. The molecule has 38 heavy (non-hydrogen) atoms. The van der Waals surface area contributed by atoms with Gasteiger partial charge in [-0.15, -0.1) is 0 Å². The Morgan fingerprint density at radius 1 is 0.868 bits per heavy atom. The number of nitrogens with one attached hydrogen (secondary N) is 1. The predicted molar refractivity (Wildman–Crippen MR) is 154 cm³/mol. The van der Waals surface area contributed by atoms with Crippen molar-refractivity contribution in [1.29, 1.82) is 0 Å². The monoisotopic (exact) mass is 497 g/mol. The quantitative estimate of drug-likeness (QED) is 0.260. The second-order valence-electron chi connectivity index (χ2n) is 10.6. The minimum absolute atomic E-state index is 0.124. The fourth-order valence-electron chi connectivity index (χ4n) is 6.14. The van der Waals surface area contributed by atoms with E-state index >= 15 is 0 Å². The van der Waals surface area contributed by atoms with Crippen molar-refractivity contribution in [3.05, 3.63) is 121 Å². The summed E-state index contributed by atoms with van der Waals surface area (Å²) in [4.78, 5) is 12.0. The van der Waals surface area contributed by atoms with Gasteiger partial charge in [0.1, 0.15) is 5.82 Å². The third-order valence-electron chi connectivity index (χ3n) is 8.39. The van der Waals surface area contributed by atoms with Crippen LogP contribution in [0.5, 0.6) is 0 Å². The molecule has 1 N–H and O–H groups in total.